The molecule has 0 saturated heterocycles. The van der Waals surface area contributed by atoms with Gasteiger partial charge in [0.25, 0.3) is 0 Å². The highest BCUT2D eigenvalue weighted by molar-refractivity contribution is 7.85. The van der Waals surface area contributed by atoms with Crippen LogP contribution in [0.5, 0.6) is 0 Å². The van der Waals surface area contributed by atoms with E-state index in [9.17, 15) is 62.1 Å². The molecule has 0 saturated carbocycles. The number of halogens is 9. The molecule has 43 heavy (non-hydrogen) atoms. The Hall–Kier alpha value is -2.64. The fourth-order valence-corrected chi connectivity index (χ4v) is 3.48. The van der Waals surface area contributed by atoms with Gasteiger partial charge in [0.1, 0.15) is 16.2 Å². The first-order valence-corrected chi connectivity index (χ1v) is 13.7. The van der Waals surface area contributed by atoms with Crippen LogP contribution in [0.4, 0.5) is 39.5 Å². The van der Waals surface area contributed by atoms with Crippen LogP contribution < -0.4 is 10.6 Å². The number of quaternary nitrogens is 1. The monoisotopic (exact) mass is 663 g/mol. The standard InChI is InChI=1S/C17H26F9N3O3.C7H8O3S/c1-27-12(30)10-11(28-7-5-8-29(2,3)4)13(31)32-9-6-14(18,19)15(20,21)16(22,23)17(24,25)26;1-6-2-4-7(5-3-6)11(8,9)10/h11,28H,5-10H2,1-4H3;2-5H,1H3,(H,8,9,10). The zero-order valence-corrected chi connectivity index (χ0v) is 24.7. The SMILES string of the molecule is CNC(=O)CC(NCCC[N+](C)(C)C)C(=O)OCCC(F)(F)C(F)(F)C(F)(F)C(F)(F)F.Cc1ccc(S(=O)(=O)[O-])cc1. The van der Waals surface area contributed by atoms with Gasteiger partial charge in [0.15, 0.2) is 0 Å². The molecule has 1 aromatic rings. The summed E-state index contributed by atoms with van der Waals surface area (Å²) in [5.41, 5.74) is 0.928. The van der Waals surface area contributed by atoms with Crippen molar-refractivity contribution < 1.29 is 71.3 Å². The number of carbonyl (C=O) groups excluding carboxylic acids is 2. The normalized spacial score (nSPS) is 13.9. The van der Waals surface area contributed by atoms with Gasteiger partial charge in [0.05, 0.1) is 52.0 Å². The summed E-state index contributed by atoms with van der Waals surface area (Å²) in [6.45, 7) is 1.06. The van der Waals surface area contributed by atoms with Gasteiger partial charge in [0, 0.05) is 20.0 Å². The van der Waals surface area contributed by atoms with Crippen LogP contribution in [0.25, 0.3) is 0 Å². The van der Waals surface area contributed by atoms with Gasteiger partial charge in [-0.15, -0.1) is 0 Å². The number of ether oxygens (including phenoxy) is 1. The summed E-state index contributed by atoms with van der Waals surface area (Å²) < 4.78 is 152. The lowest BCUT2D eigenvalue weighted by molar-refractivity contribution is -0.870. The minimum absolute atomic E-state index is 0.178. The number of esters is 1. The topological polar surface area (TPSA) is 125 Å². The zero-order chi connectivity index (χ0) is 34.1. The lowest BCUT2D eigenvalue weighted by atomic mass is 10.0. The van der Waals surface area contributed by atoms with Gasteiger partial charge in [-0.25, -0.2) is 8.42 Å². The number of carbonyl (C=O) groups is 2. The molecule has 0 radical (unpaired) electrons. The number of hydrogen-bond donors (Lipinski definition) is 2. The van der Waals surface area contributed by atoms with E-state index in [2.05, 4.69) is 15.4 Å². The zero-order valence-electron chi connectivity index (χ0n) is 23.8. The van der Waals surface area contributed by atoms with Crippen LogP contribution in [0.3, 0.4) is 0 Å². The largest absolute Gasteiger partial charge is 0.744 e. The quantitative estimate of drug-likeness (QED) is 0.103. The molecule has 0 aliphatic rings. The van der Waals surface area contributed by atoms with Crippen LogP contribution >= 0.6 is 0 Å². The molecule has 1 unspecified atom stereocenters. The molecule has 0 aliphatic carbocycles. The van der Waals surface area contributed by atoms with Gasteiger partial charge in [0.2, 0.25) is 5.91 Å². The average Bonchev–Trinajstić information content (AvgIpc) is 2.84. The van der Waals surface area contributed by atoms with Crippen LogP contribution in [0, 0.1) is 6.92 Å². The third-order valence-corrected chi connectivity index (χ3v) is 6.38. The molecule has 0 aliphatic heterocycles. The summed E-state index contributed by atoms with van der Waals surface area (Å²) in [5, 5.41) is 4.83. The van der Waals surface area contributed by atoms with Gasteiger partial charge in [-0.05, 0) is 19.1 Å². The van der Waals surface area contributed by atoms with Crippen molar-refractivity contribution in [1.29, 1.82) is 0 Å². The van der Waals surface area contributed by atoms with Crippen molar-refractivity contribution in [2.75, 3.05) is 47.9 Å². The van der Waals surface area contributed by atoms with Crippen molar-refractivity contribution in [3.05, 3.63) is 29.8 Å². The van der Waals surface area contributed by atoms with Crippen molar-refractivity contribution >= 4 is 22.0 Å². The predicted octanol–water partition coefficient (Wildman–Crippen LogP) is 3.48. The maximum atomic E-state index is 13.5. The molecule has 1 amide bonds. The Bertz CT molecular complexity index is 1160. The molecule has 19 heteroatoms. The third kappa shape index (κ3) is 12.9. The maximum absolute atomic E-state index is 13.5. The first kappa shape index (κ1) is 40.4. The smallest absolute Gasteiger partial charge is 0.460 e. The second-order valence-electron chi connectivity index (χ2n) is 10.3. The number of benzene rings is 1. The summed E-state index contributed by atoms with van der Waals surface area (Å²) >= 11 is 0. The van der Waals surface area contributed by atoms with E-state index in [1.165, 1.54) is 19.2 Å². The van der Waals surface area contributed by atoms with E-state index in [1.807, 2.05) is 28.1 Å². The molecule has 250 valence electrons. The van der Waals surface area contributed by atoms with E-state index < -0.39 is 71.4 Å². The number of aryl methyl sites for hydroxylation is 1. The molecule has 0 bridgehead atoms. The molecule has 0 fully saturated rings. The Kier molecular flexibility index (Phi) is 14.4. The van der Waals surface area contributed by atoms with E-state index >= 15 is 0 Å². The molecular formula is C24H34F9N3O6S. The maximum Gasteiger partial charge on any atom is 0.460 e. The molecule has 9 nitrogen and oxygen atoms in total. The van der Waals surface area contributed by atoms with Crippen LogP contribution in [0.1, 0.15) is 24.8 Å². The van der Waals surface area contributed by atoms with Gasteiger partial charge >= 0.3 is 29.9 Å². The number of alkyl halides is 9. The molecular weight excluding hydrogens is 629 g/mol. The fourth-order valence-electron chi connectivity index (χ4n) is 3.01. The summed E-state index contributed by atoms with van der Waals surface area (Å²) in [4.78, 5) is 23.4. The van der Waals surface area contributed by atoms with Crippen LogP contribution in [-0.4, -0.2) is 107 Å². The van der Waals surface area contributed by atoms with Gasteiger partial charge < -0.3 is 24.4 Å². The van der Waals surface area contributed by atoms with Crippen LogP contribution in [0.2, 0.25) is 0 Å². The van der Waals surface area contributed by atoms with E-state index in [1.54, 1.807) is 12.1 Å². The van der Waals surface area contributed by atoms with Crippen molar-refractivity contribution in [2.24, 2.45) is 0 Å². The second kappa shape index (κ2) is 15.4. The third-order valence-electron chi connectivity index (χ3n) is 5.53. The number of amides is 1. The number of hydrogen-bond acceptors (Lipinski definition) is 7. The lowest BCUT2D eigenvalue weighted by Crippen LogP contribution is -2.61. The summed E-state index contributed by atoms with van der Waals surface area (Å²) in [5.74, 6) is -21.6. The Balaban J connectivity index is 0.00000133. The van der Waals surface area contributed by atoms with E-state index in [4.69, 9.17) is 0 Å². The van der Waals surface area contributed by atoms with Gasteiger partial charge in [-0.2, -0.15) is 39.5 Å². The Labute approximate surface area is 243 Å². The van der Waals surface area contributed by atoms with E-state index in [-0.39, 0.29) is 11.4 Å². The number of nitrogens with zero attached hydrogens (tertiary/aromatic N) is 1. The second-order valence-corrected chi connectivity index (χ2v) is 11.7. The van der Waals surface area contributed by atoms with E-state index in [0.29, 0.717) is 17.4 Å². The van der Waals surface area contributed by atoms with Crippen molar-refractivity contribution in [2.45, 2.75) is 61.1 Å². The molecule has 1 aromatic carbocycles. The highest BCUT2D eigenvalue weighted by Gasteiger charge is 2.81. The number of rotatable bonds is 14. The highest BCUT2D eigenvalue weighted by atomic mass is 32.2. The van der Waals surface area contributed by atoms with E-state index in [0.717, 1.165) is 5.56 Å². The van der Waals surface area contributed by atoms with Crippen LogP contribution in [0.15, 0.2) is 29.2 Å². The van der Waals surface area contributed by atoms with Gasteiger partial charge in [-0.1, -0.05) is 17.7 Å². The highest BCUT2D eigenvalue weighted by Crippen LogP contribution is 2.53. The molecule has 1 rings (SSSR count). The summed E-state index contributed by atoms with van der Waals surface area (Å²) in [6, 6.07) is 4.40. The average molecular weight is 664 g/mol. The minimum atomic E-state index is -7.01. The van der Waals surface area contributed by atoms with Crippen molar-refractivity contribution in [3.63, 3.8) is 0 Å². The Morgan fingerprint density at radius 2 is 1.47 bits per heavy atom. The Morgan fingerprint density at radius 3 is 1.88 bits per heavy atom. The molecule has 0 spiro atoms. The lowest BCUT2D eigenvalue weighted by Gasteiger charge is -2.33. The molecule has 0 heterocycles. The Morgan fingerprint density at radius 1 is 0.953 bits per heavy atom. The summed E-state index contributed by atoms with van der Waals surface area (Å²) in [7, 11) is 2.62. The number of nitrogens with one attached hydrogen (secondary N) is 2. The molecule has 0 aromatic heterocycles. The first-order valence-electron chi connectivity index (χ1n) is 12.3. The van der Waals surface area contributed by atoms with Gasteiger partial charge in [-0.3, -0.25) is 9.59 Å². The first-order chi connectivity index (χ1) is 19.2. The van der Waals surface area contributed by atoms with Crippen molar-refractivity contribution in [3.8, 4) is 0 Å². The minimum Gasteiger partial charge on any atom is -0.744 e. The molecule has 1 atom stereocenters. The summed E-state index contributed by atoms with van der Waals surface area (Å²) in [6.07, 6.45) is -9.23. The van der Waals surface area contributed by atoms with Crippen molar-refractivity contribution in [1.82, 2.24) is 10.6 Å². The van der Waals surface area contributed by atoms with Crippen LogP contribution in [-0.2, 0) is 24.4 Å². The molecule has 2 N–H and O–H groups in total. The predicted molar refractivity (Wildman–Crippen MR) is 134 cm³/mol. The fraction of sp³-hybridized carbons (Fsp3) is 0.667.